The van der Waals surface area contributed by atoms with Crippen LogP contribution >= 0.6 is 0 Å². The third-order valence-corrected chi connectivity index (χ3v) is 3.74. The minimum absolute atomic E-state index is 0.00756. The smallest absolute Gasteiger partial charge is 0.241 e. The second-order valence-electron chi connectivity index (χ2n) is 6.14. The fourth-order valence-electron chi connectivity index (χ4n) is 2.73. The predicted molar refractivity (Wildman–Crippen MR) is 84.1 cm³/mol. The topological polar surface area (TPSA) is 50.8 Å². The van der Waals surface area contributed by atoms with E-state index in [9.17, 15) is 4.79 Å². The molecule has 0 aromatic heterocycles. The number of nitrogens with one attached hydrogen (secondary N) is 1. The van der Waals surface area contributed by atoms with Crippen LogP contribution in [0.3, 0.4) is 0 Å². The monoisotopic (exact) mass is 300 g/mol. The minimum atomic E-state index is 0.00756. The van der Waals surface area contributed by atoms with Gasteiger partial charge in [0, 0.05) is 20.3 Å². The maximum atomic E-state index is 12.5. The van der Waals surface area contributed by atoms with Gasteiger partial charge in [-0.25, -0.2) is 0 Å². The lowest BCUT2D eigenvalue weighted by Gasteiger charge is -2.25. The lowest BCUT2D eigenvalue weighted by Crippen LogP contribution is -2.39. The number of nitrogens with zero attached hydrogens (tertiary/aromatic N) is 1. The molecule has 2 unspecified atom stereocenters. The van der Waals surface area contributed by atoms with Crippen molar-refractivity contribution in [2.24, 2.45) is 5.92 Å². The Morgan fingerprint density at radius 2 is 2.05 bits per heavy atom. The molecule has 0 saturated carbocycles. The molecule has 0 aromatic carbocycles. The zero-order valence-corrected chi connectivity index (χ0v) is 14.1. The van der Waals surface area contributed by atoms with Crippen molar-refractivity contribution < 1.29 is 14.3 Å². The van der Waals surface area contributed by atoms with Gasteiger partial charge in [-0.2, -0.15) is 0 Å². The molecule has 124 valence electrons. The number of amides is 1. The van der Waals surface area contributed by atoms with Crippen molar-refractivity contribution in [2.45, 2.75) is 58.7 Å². The lowest BCUT2D eigenvalue weighted by atomic mass is 10.1. The molecule has 0 bridgehead atoms. The first kappa shape index (κ1) is 18.4. The van der Waals surface area contributed by atoms with Crippen molar-refractivity contribution in [3.05, 3.63) is 0 Å². The van der Waals surface area contributed by atoms with Crippen molar-refractivity contribution in [3.63, 3.8) is 0 Å². The summed E-state index contributed by atoms with van der Waals surface area (Å²) in [7, 11) is 1.67. The SMILES string of the molecule is CCCC1NC(CC(C)C)N(CCCOCCOC)C1=O. The fraction of sp³-hybridized carbons (Fsp3) is 0.938. The van der Waals surface area contributed by atoms with Crippen LogP contribution in [0.15, 0.2) is 0 Å². The zero-order valence-electron chi connectivity index (χ0n) is 14.1. The summed E-state index contributed by atoms with van der Waals surface area (Å²) in [6.07, 6.45) is 4.04. The Bertz CT molecular complexity index is 297. The number of methoxy groups -OCH3 is 1. The van der Waals surface area contributed by atoms with Crippen molar-refractivity contribution >= 4 is 5.91 Å². The van der Waals surface area contributed by atoms with Crippen LogP contribution in [0.5, 0.6) is 0 Å². The average Bonchev–Trinajstić information content (AvgIpc) is 2.71. The number of rotatable bonds is 11. The molecule has 1 fully saturated rings. The Morgan fingerprint density at radius 1 is 1.29 bits per heavy atom. The van der Waals surface area contributed by atoms with E-state index in [4.69, 9.17) is 9.47 Å². The first-order valence-electron chi connectivity index (χ1n) is 8.23. The van der Waals surface area contributed by atoms with Crippen LogP contribution in [0.25, 0.3) is 0 Å². The number of carbonyl (C=O) groups excluding carboxylic acids is 1. The molecule has 21 heavy (non-hydrogen) atoms. The number of carbonyl (C=O) groups is 1. The molecule has 1 aliphatic rings. The summed E-state index contributed by atoms with van der Waals surface area (Å²) < 4.78 is 10.4. The van der Waals surface area contributed by atoms with Gasteiger partial charge in [0.1, 0.15) is 0 Å². The summed E-state index contributed by atoms with van der Waals surface area (Å²) >= 11 is 0. The highest BCUT2D eigenvalue weighted by molar-refractivity contribution is 5.84. The first-order chi connectivity index (χ1) is 10.1. The zero-order chi connectivity index (χ0) is 15.7. The molecule has 1 aliphatic heterocycles. The summed E-state index contributed by atoms with van der Waals surface area (Å²) in [4.78, 5) is 14.5. The van der Waals surface area contributed by atoms with E-state index in [1.165, 1.54) is 0 Å². The van der Waals surface area contributed by atoms with E-state index in [-0.39, 0.29) is 18.1 Å². The van der Waals surface area contributed by atoms with Gasteiger partial charge in [0.15, 0.2) is 0 Å². The first-order valence-corrected chi connectivity index (χ1v) is 8.23. The molecule has 0 spiro atoms. The van der Waals surface area contributed by atoms with E-state index in [0.29, 0.717) is 25.7 Å². The van der Waals surface area contributed by atoms with Crippen LogP contribution in [-0.4, -0.2) is 56.5 Å². The number of ether oxygens (including phenoxy) is 2. The third-order valence-electron chi connectivity index (χ3n) is 3.74. The van der Waals surface area contributed by atoms with Gasteiger partial charge >= 0.3 is 0 Å². The molecule has 1 heterocycles. The summed E-state index contributed by atoms with van der Waals surface area (Å²) in [5.74, 6) is 0.843. The Hall–Kier alpha value is -0.650. The second-order valence-corrected chi connectivity index (χ2v) is 6.14. The maximum Gasteiger partial charge on any atom is 0.241 e. The van der Waals surface area contributed by atoms with Gasteiger partial charge in [-0.1, -0.05) is 27.2 Å². The number of hydrogen-bond donors (Lipinski definition) is 1. The second kappa shape index (κ2) is 10.1. The number of hydrogen-bond acceptors (Lipinski definition) is 4. The molecule has 1 N–H and O–H groups in total. The van der Waals surface area contributed by atoms with E-state index < -0.39 is 0 Å². The quantitative estimate of drug-likeness (QED) is 0.593. The minimum Gasteiger partial charge on any atom is -0.382 e. The third kappa shape index (κ3) is 6.32. The Labute approximate surface area is 129 Å². The molecule has 2 atom stereocenters. The van der Waals surface area contributed by atoms with Crippen LogP contribution in [0, 0.1) is 5.92 Å². The van der Waals surface area contributed by atoms with Gasteiger partial charge in [-0.15, -0.1) is 0 Å². The van der Waals surface area contributed by atoms with Crippen molar-refractivity contribution in [2.75, 3.05) is 33.5 Å². The lowest BCUT2D eigenvalue weighted by molar-refractivity contribution is -0.130. The molecule has 5 nitrogen and oxygen atoms in total. The van der Waals surface area contributed by atoms with Crippen LogP contribution < -0.4 is 5.32 Å². The summed E-state index contributed by atoms with van der Waals surface area (Å²) in [6, 6.07) is 0.00756. The van der Waals surface area contributed by atoms with E-state index >= 15 is 0 Å². The normalized spacial score (nSPS) is 22.5. The van der Waals surface area contributed by atoms with Crippen LogP contribution in [0.4, 0.5) is 0 Å². The molecule has 0 aromatic rings. The molecular formula is C16H32N2O3. The van der Waals surface area contributed by atoms with Gasteiger partial charge in [0.05, 0.1) is 25.4 Å². The van der Waals surface area contributed by atoms with Gasteiger partial charge < -0.3 is 14.4 Å². The van der Waals surface area contributed by atoms with Crippen molar-refractivity contribution in [3.8, 4) is 0 Å². The highest BCUT2D eigenvalue weighted by Gasteiger charge is 2.37. The molecule has 0 radical (unpaired) electrons. The highest BCUT2D eigenvalue weighted by Crippen LogP contribution is 2.20. The van der Waals surface area contributed by atoms with E-state index in [1.54, 1.807) is 7.11 Å². The van der Waals surface area contributed by atoms with Crippen molar-refractivity contribution in [1.82, 2.24) is 10.2 Å². The molecule has 5 heteroatoms. The largest absolute Gasteiger partial charge is 0.382 e. The summed E-state index contributed by atoms with van der Waals surface area (Å²) in [5, 5.41) is 3.50. The van der Waals surface area contributed by atoms with Gasteiger partial charge in [0.25, 0.3) is 0 Å². The summed E-state index contributed by atoms with van der Waals surface area (Å²) in [5.41, 5.74) is 0. The van der Waals surface area contributed by atoms with Gasteiger partial charge in [0.2, 0.25) is 5.91 Å². The Morgan fingerprint density at radius 3 is 2.67 bits per heavy atom. The van der Waals surface area contributed by atoms with E-state index in [1.807, 2.05) is 4.90 Å². The van der Waals surface area contributed by atoms with Crippen LogP contribution in [0.2, 0.25) is 0 Å². The van der Waals surface area contributed by atoms with Gasteiger partial charge in [-0.05, 0) is 25.2 Å². The van der Waals surface area contributed by atoms with E-state index in [2.05, 4.69) is 26.1 Å². The molecule has 1 amide bonds. The molecule has 1 saturated heterocycles. The standard InChI is InChI=1S/C16H32N2O3/c1-5-7-14-16(19)18(15(17-14)12-13(2)3)8-6-9-21-11-10-20-4/h13-15,17H,5-12H2,1-4H3. The van der Waals surface area contributed by atoms with Gasteiger partial charge in [-0.3, -0.25) is 10.1 Å². The van der Waals surface area contributed by atoms with E-state index in [0.717, 1.165) is 32.2 Å². The van der Waals surface area contributed by atoms with Crippen LogP contribution in [0.1, 0.15) is 46.5 Å². The molecule has 1 rings (SSSR count). The average molecular weight is 300 g/mol. The predicted octanol–water partition coefficient (Wildman–Crippen LogP) is 2.01. The molecular weight excluding hydrogens is 268 g/mol. The van der Waals surface area contributed by atoms with Crippen LogP contribution in [-0.2, 0) is 14.3 Å². The summed E-state index contributed by atoms with van der Waals surface area (Å²) in [6.45, 7) is 9.22. The maximum absolute atomic E-state index is 12.5. The molecule has 0 aliphatic carbocycles. The highest BCUT2D eigenvalue weighted by atomic mass is 16.5. The fourth-order valence-corrected chi connectivity index (χ4v) is 2.73. The Kier molecular flexibility index (Phi) is 8.88. The van der Waals surface area contributed by atoms with Crippen molar-refractivity contribution in [1.29, 1.82) is 0 Å². The Balaban J connectivity index is 2.40.